The highest BCUT2D eigenvalue weighted by atomic mass is 16.2. The summed E-state index contributed by atoms with van der Waals surface area (Å²) in [6.07, 6.45) is 2.98. The molecule has 1 N–H and O–H groups in total. The standard InChI is InChI=1S/C13H8N2O2/c16-11-7-10(13(17)15-11)9-5-1-3-8-4-2-6-14-12(8)9/h1-7H,(H,15,16,17). The van der Waals surface area contributed by atoms with E-state index in [1.54, 1.807) is 12.3 Å². The molecule has 4 nitrogen and oxygen atoms in total. The van der Waals surface area contributed by atoms with E-state index in [4.69, 9.17) is 0 Å². The predicted molar refractivity (Wildman–Crippen MR) is 62.9 cm³/mol. The molecule has 0 bridgehead atoms. The summed E-state index contributed by atoms with van der Waals surface area (Å²) in [4.78, 5) is 27.0. The molecule has 1 aromatic carbocycles. The number of nitrogens with one attached hydrogen (secondary N) is 1. The van der Waals surface area contributed by atoms with Gasteiger partial charge in [0.05, 0.1) is 11.1 Å². The second-order valence-electron chi connectivity index (χ2n) is 3.76. The van der Waals surface area contributed by atoms with Crippen molar-refractivity contribution < 1.29 is 9.59 Å². The molecule has 4 heteroatoms. The van der Waals surface area contributed by atoms with Gasteiger partial charge in [-0.15, -0.1) is 0 Å². The summed E-state index contributed by atoms with van der Waals surface area (Å²) < 4.78 is 0. The highest BCUT2D eigenvalue weighted by molar-refractivity contribution is 6.34. The third kappa shape index (κ3) is 1.50. The number of hydrogen-bond acceptors (Lipinski definition) is 3. The van der Waals surface area contributed by atoms with Crippen LogP contribution >= 0.6 is 0 Å². The highest BCUT2D eigenvalue weighted by Gasteiger charge is 2.23. The van der Waals surface area contributed by atoms with Crippen molar-refractivity contribution >= 4 is 28.3 Å². The zero-order valence-electron chi connectivity index (χ0n) is 8.81. The normalized spacial score (nSPS) is 14.9. The van der Waals surface area contributed by atoms with Crippen molar-refractivity contribution in [3.8, 4) is 0 Å². The Bertz CT molecular complexity index is 669. The van der Waals surface area contributed by atoms with Crippen LogP contribution in [0.15, 0.2) is 42.6 Å². The van der Waals surface area contributed by atoms with Gasteiger partial charge in [0.2, 0.25) is 0 Å². The number of imide groups is 1. The fourth-order valence-electron chi connectivity index (χ4n) is 1.93. The van der Waals surface area contributed by atoms with Gasteiger partial charge in [0, 0.05) is 23.2 Å². The number of hydrogen-bond donors (Lipinski definition) is 1. The van der Waals surface area contributed by atoms with Gasteiger partial charge in [-0.25, -0.2) is 0 Å². The summed E-state index contributed by atoms with van der Waals surface area (Å²) in [6, 6.07) is 9.30. The average Bonchev–Trinajstić information content (AvgIpc) is 2.68. The van der Waals surface area contributed by atoms with Crippen LogP contribution in [0, 0.1) is 0 Å². The molecule has 82 valence electrons. The maximum atomic E-state index is 11.6. The topological polar surface area (TPSA) is 59.1 Å². The first-order valence-electron chi connectivity index (χ1n) is 5.17. The number of carbonyl (C=O) groups excluding carboxylic acids is 2. The van der Waals surface area contributed by atoms with E-state index in [-0.39, 0.29) is 11.8 Å². The number of aromatic nitrogens is 1. The zero-order chi connectivity index (χ0) is 11.8. The Kier molecular flexibility index (Phi) is 2.01. The second kappa shape index (κ2) is 3.52. The van der Waals surface area contributed by atoms with Gasteiger partial charge in [-0.1, -0.05) is 24.3 Å². The lowest BCUT2D eigenvalue weighted by Gasteiger charge is -2.04. The zero-order valence-corrected chi connectivity index (χ0v) is 8.81. The quantitative estimate of drug-likeness (QED) is 0.742. The van der Waals surface area contributed by atoms with Crippen LogP contribution in [-0.4, -0.2) is 16.8 Å². The van der Waals surface area contributed by atoms with Crippen molar-refractivity contribution in [2.45, 2.75) is 0 Å². The lowest BCUT2D eigenvalue weighted by Crippen LogP contribution is -2.21. The van der Waals surface area contributed by atoms with Crippen LogP contribution < -0.4 is 5.32 Å². The Morgan fingerprint density at radius 2 is 1.88 bits per heavy atom. The summed E-state index contributed by atoms with van der Waals surface area (Å²) >= 11 is 0. The Hall–Kier alpha value is -2.49. The number of amides is 2. The molecule has 3 rings (SSSR count). The lowest BCUT2D eigenvalue weighted by molar-refractivity contribution is -0.123. The number of rotatable bonds is 1. The Balaban J connectivity index is 2.28. The molecule has 0 radical (unpaired) electrons. The summed E-state index contributed by atoms with van der Waals surface area (Å²) in [5, 5.41) is 3.17. The monoisotopic (exact) mass is 224 g/mol. The molecule has 0 unspecified atom stereocenters. The van der Waals surface area contributed by atoms with Crippen LogP contribution in [-0.2, 0) is 9.59 Å². The van der Waals surface area contributed by atoms with E-state index in [0.717, 1.165) is 10.9 Å². The molecule has 0 atom stereocenters. The first-order chi connectivity index (χ1) is 8.25. The van der Waals surface area contributed by atoms with E-state index in [1.165, 1.54) is 6.08 Å². The summed E-state index contributed by atoms with van der Waals surface area (Å²) in [7, 11) is 0. The minimum absolute atomic E-state index is 0.367. The Labute approximate surface area is 97.0 Å². The van der Waals surface area contributed by atoms with E-state index in [2.05, 4.69) is 10.3 Å². The number of pyridine rings is 1. The predicted octanol–water partition coefficient (Wildman–Crippen LogP) is 1.27. The first-order valence-corrected chi connectivity index (χ1v) is 5.17. The molecule has 0 saturated heterocycles. The van der Waals surface area contributed by atoms with Gasteiger partial charge in [0.25, 0.3) is 11.8 Å². The van der Waals surface area contributed by atoms with Gasteiger partial charge < -0.3 is 0 Å². The van der Waals surface area contributed by atoms with Gasteiger partial charge in [0.1, 0.15) is 0 Å². The van der Waals surface area contributed by atoms with Gasteiger partial charge >= 0.3 is 0 Å². The molecule has 0 fully saturated rings. The van der Waals surface area contributed by atoms with Crippen molar-refractivity contribution in [2.75, 3.05) is 0 Å². The minimum atomic E-state index is -0.377. The van der Waals surface area contributed by atoms with Gasteiger partial charge in [0.15, 0.2) is 0 Å². The van der Waals surface area contributed by atoms with Crippen molar-refractivity contribution in [2.24, 2.45) is 0 Å². The molecule has 2 aromatic rings. The molecule has 0 spiro atoms. The third-order valence-corrected chi connectivity index (χ3v) is 2.68. The lowest BCUT2D eigenvalue weighted by atomic mass is 10.0. The van der Waals surface area contributed by atoms with E-state index < -0.39 is 0 Å². The molecule has 2 amide bonds. The number of para-hydroxylation sites is 1. The SMILES string of the molecule is O=C1C=C(c2cccc3cccnc23)C(=O)N1. The third-order valence-electron chi connectivity index (χ3n) is 2.68. The summed E-state index contributed by atoms with van der Waals surface area (Å²) in [5.74, 6) is -0.744. The average molecular weight is 224 g/mol. The van der Waals surface area contributed by atoms with Gasteiger partial charge in [-0.3, -0.25) is 19.9 Å². The van der Waals surface area contributed by atoms with Crippen LogP contribution in [0.1, 0.15) is 5.56 Å². The Morgan fingerprint density at radius 1 is 1.06 bits per heavy atom. The molecule has 1 aliphatic heterocycles. The van der Waals surface area contributed by atoms with Crippen molar-refractivity contribution in [1.82, 2.24) is 10.3 Å². The van der Waals surface area contributed by atoms with E-state index >= 15 is 0 Å². The summed E-state index contributed by atoms with van der Waals surface area (Å²) in [6.45, 7) is 0. The smallest absolute Gasteiger partial charge is 0.258 e. The molecule has 0 saturated carbocycles. The van der Waals surface area contributed by atoms with E-state index in [1.807, 2.05) is 24.3 Å². The molecule has 1 aromatic heterocycles. The second-order valence-corrected chi connectivity index (χ2v) is 3.76. The molecule has 1 aliphatic rings. The molecule has 17 heavy (non-hydrogen) atoms. The largest absolute Gasteiger partial charge is 0.289 e. The number of nitrogens with zero attached hydrogens (tertiary/aromatic N) is 1. The van der Waals surface area contributed by atoms with Crippen LogP contribution in [0.3, 0.4) is 0 Å². The highest BCUT2D eigenvalue weighted by Crippen LogP contribution is 2.25. The number of carbonyl (C=O) groups is 2. The maximum Gasteiger partial charge on any atom is 0.258 e. The van der Waals surface area contributed by atoms with Crippen molar-refractivity contribution in [1.29, 1.82) is 0 Å². The number of benzene rings is 1. The van der Waals surface area contributed by atoms with Gasteiger partial charge in [-0.2, -0.15) is 0 Å². The first kappa shape index (κ1) is 9.72. The maximum absolute atomic E-state index is 11.6. The summed E-state index contributed by atoms with van der Waals surface area (Å²) in [5.41, 5.74) is 1.79. The van der Waals surface area contributed by atoms with E-state index in [0.29, 0.717) is 11.1 Å². The molecule has 2 heterocycles. The fourth-order valence-corrected chi connectivity index (χ4v) is 1.93. The molecular formula is C13H8N2O2. The minimum Gasteiger partial charge on any atom is -0.289 e. The van der Waals surface area contributed by atoms with Crippen LogP contribution in [0.5, 0.6) is 0 Å². The molecular weight excluding hydrogens is 216 g/mol. The van der Waals surface area contributed by atoms with Crippen LogP contribution in [0.2, 0.25) is 0 Å². The van der Waals surface area contributed by atoms with Crippen LogP contribution in [0.4, 0.5) is 0 Å². The molecule has 0 aliphatic carbocycles. The van der Waals surface area contributed by atoms with Gasteiger partial charge in [-0.05, 0) is 6.07 Å². The van der Waals surface area contributed by atoms with Crippen LogP contribution in [0.25, 0.3) is 16.5 Å². The fraction of sp³-hybridized carbons (Fsp3) is 0. The van der Waals surface area contributed by atoms with Crippen molar-refractivity contribution in [3.05, 3.63) is 48.2 Å². The van der Waals surface area contributed by atoms with E-state index in [9.17, 15) is 9.59 Å². The Morgan fingerprint density at radius 3 is 2.65 bits per heavy atom. The van der Waals surface area contributed by atoms with Crippen molar-refractivity contribution in [3.63, 3.8) is 0 Å². The number of fused-ring (bicyclic) bond motifs is 1.